The molecule has 2 aliphatic rings. The van der Waals surface area contributed by atoms with Crippen LogP contribution in [0.1, 0.15) is 19.8 Å². The highest BCUT2D eigenvalue weighted by Crippen LogP contribution is 2.42. The van der Waals surface area contributed by atoms with Crippen LogP contribution in [0.5, 0.6) is 0 Å². The Morgan fingerprint density at radius 3 is 2.43 bits per heavy atom. The van der Waals surface area contributed by atoms with Gasteiger partial charge in [-0.05, 0) is 25.7 Å². The highest BCUT2D eigenvalue weighted by atomic mass is 16.2. The first-order chi connectivity index (χ1) is 9.93. The lowest BCUT2D eigenvalue weighted by atomic mass is 9.96. The third kappa shape index (κ3) is 2.84. The number of urea groups is 1. The fourth-order valence-electron chi connectivity index (χ4n) is 2.62. The molecule has 1 saturated carbocycles. The van der Waals surface area contributed by atoms with Gasteiger partial charge in [0.05, 0.1) is 0 Å². The van der Waals surface area contributed by atoms with E-state index in [4.69, 9.17) is 0 Å². The number of nitrogens with one attached hydrogen (secondary N) is 1. The molecule has 2 fully saturated rings. The van der Waals surface area contributed by atoms with E-state index >= 15 is 0 Å². The van der Waals surface area contributed by atoms with Gasteiger partial charge >= 0.3 is 6.03 Å². The lowest BCUT2D eigenvalue weighted by Gasteiger charge is -2.23. The maximum Gasteiger partial charge on any atom is 0.325 e. The normalized spacial score (nSPS) is 24.7. The van der Waals surface area contributed by atoms with Gasteiger partial charge in [0.2, 0.25) is 5.91 Å². The summed E-state index contributed by atoms with van der Waals surface area (Å²) in [6, 6.07) is -0.486. The van der Waals surface area contributed by atoms with Gasteiger partial charge in [-0.3, -0.25) is 14.5 Å². The second kappa shape index (κ2) is 5.71. The van der Waals surface area contributed by atoms with Crippen molar-refractivity contribution < 1.29 is 14.4 Å². The average molecular weight is 291 g/mol. The zero-order chi connectivity index (χ0) is 15.6. The van der Waals surface area contributed by atoms with Crippen molar-refractivity contribution in [2.24, 2.45) is 5.92 Å². The lowest BCUT2D eigenvalue weighted by molar-refractivity contribution is -0.138. The summed E-state index contributed by atoms with van der Waals surface area (Å²) in [7, 11) is 0. The maximum atomic E-state index is 12.4. The Kier molecular flexibility index (Phi) is 4.16. The summed E-state index contributed by atoms with van der Waals surface area (Å²) >= 11 is 0. The third-order valence-electron chi connectivity index (χ3n) is 4.04. The summed E-state index contributed by atoms with van der Waals surface area (Å²) in [6.45, 7) is 9.39. The van der Waals surface area contributed by atoms with Crippen LogP contribution in [0.25, 0.3) is 0 Å². The molecule has 0 spiro atoms. The number of imide groups is 1. The first-order valence-electron chi connectivity index (χ1n) is 7.07. The summed E-state index contributed by atoms with van der Waals surface area (Å²) in [5.74, 6) is -0.412. The predicted octanol–water partition coefficient (Wildman–Crippen LogP) is 0.907. The minimum atomic E-state index is -0.848. The smallest absolute Gasteiger partial charge is 0.325 e. The molecular weight excluding hydrogens is 270 g/mol. The van der Waals surface area contributed by atoms with E-state index in [-0.39, 0.29) is 24.3 Å². The van der Waals surface area contributed by atoms with Crippen LogP contribution in [-0.4, -0.2) is 52.8 Å². The number of hydrogen-bond donors (Lipinski definition) is 1. The minimum absolute atomic E-state index is 0.187. The van der Waals surface area contributed by atoms with Gasteiger partial charge in [0, 0.05) is 13.1 Å². The number of carbonyl (C=O) groups excluding carboxylic acids is 3. The standard InChI is InChI=1S/C15H21N3O3/c1-4-8-17(9-5-2)12(19)10-18-13(20)15(3,11-6-7-11)16-14(18)21/h4-5,11H,1-2,6-10H2,3H3,(H,16,21). The molecule has 4 amide bonds. The van der Waals surface area contributed by atoms with Gasteiger partial charge in [0.15, 0.2) is 0 Å². The van der Waals surface area contributed by atoms with Crippen LogP contribution >= 0.6 is 0 Å². The number of hydrogen-bond acceptors (Lipinski definition) is 3. The molecule has 1 aliphatic heterocycles. The summed E-state index contributed by atoms with van der Waals surface area (Å²) in [5.41, 5.74) is -0.848. The molecule has 1 N–H and O–H groups in total. The summed E-state index contributed by atoms with van der Waals surface area (Å²) in [6.07, 6.45) is 5.07. The van der Waals surface area contributed by atoms with Crippen LogP contribution in [0.2, 0.25) is 0 Å². The highest BCUT2D eigenvalue weighted by Gasteiger charge is 2.56. The van der Waals surface area contributed by atoms with Gasteiger partial charge in [-0.15, -0.1) is 13.2 Å². The van der Waals surface area contributed by atoms with E-state index < -0.39 is 11.6 Å². The Labute approximate surface area is 124 Å². The molecular formula is C15H21N3O3. The lowest BCUT2D eigenvalue weighted by Crippen LogP contribution is -2.47. The molecule has 6 nitrogen and oxygen atoms in total. The fourth-order valence-corrected chi connectivity index (χ4v) is 2.62. The van der Waals surface area contributed by atoms with Crippen molar-refractivity contribution in [3.05, 3.63) is 25.3 Å². The fraction of sp³-hybridized carbons (Fsp3) is 0.533. The van der Waals surface area contributed by atoms with Crippen LogP contribution in [0.15, 0.2) is 25.3 Å². The zero-order valence-electron chi connectivity index (χ0n) is 12.3. The first kappa shape index (κ1) is 15.3. The van der Waals surface area contributed by atoms with Crippen LogP contribution in [0, 0.1) is 5.92 Å². The Hall–Kier alpha value is -2.11. The first-order valence-corrected chi connectivity index (χ1v) is 7.07. The SMILES string of the molecule is C=CCN(CC=C)C(=O)CN1C(=O)NC(C)(C2CC2)C1=O. The number of carbonyl (C=O) groups is 3. The van der Waals surface area contributed by atoms with Crippen LogP contribution < -0.4 is 5.32 Å². The maximum absolute atomic E-state index is 12.4. The van der Waals surface area contributed by atoms with E-state index in [1.165, 1.54) is 4.90 Å². The van der Waals surface area contributed by atoms with E-state index in [1.807, 2.05) is 0 Å². The molecule has 21 heavy (non-hydrogen) atoms. The number of amides is 4. The molecule has 6 heteroatoms. The molecule has 1 heterocycles. The number of nitrogens with zero attached hydrogens (tertiary/aromatic N) is 2. The second-order valence-electron chi connectivity index (χ2n) is 5.67. The Bertz CT molecular complexity index is 488. The molecule has 0 radical (unpaired) electrons. The molecule has 1 saturated heterocycles. The van der Waals surface area contributed by atoms with E-state index in [0.29, 0.717) is 13.1 Å². The van der Waals surface area contributed by atoms with Crippen molar-refractivity contribution in [1.82, 2.24) is 15.1 Å². The minimum Gasteiger partial charge on any atom is -0.334 e. The van der Waals surface area contributed by atoms with Crippen LogP contribution in [-0.2, 0) is 9.59 Å². The monoisotopic (exact) mass is 291 g/mol. The zero-order valence-corrected chi connectivity index (χ0v) is 12.3. The van der Waals surface area contributed by atoms with Gasteiger partial charge < -0.3 is 10.2 Å². The largest absolute Gasteiger partial charge is 0.334 e. The third-order valence-corrected chi connectivity index (χ3v) is 4.04. The Morgan fingerprint density at radius 1 is 1.38 bits per heavy atom. The van der Waals surface area contributed by atoms with Gasteiger partial charge in [0.1, 0.15) is 12.1 Å². The topological polar surface area (TPSA) is 69.7 Å². The van der Waals surface area contributed by atoms with Crippen molar-refractivity contribution in [2.45, 2.75) is 25.3 Å². The quantitative estimate of drug-likeness (QED) is 0.560. The molecule has 0 aromatic heterocycles. The van der Waals surface area contributed by atoms with E-state index in [2.05, 4.69) is 18.5 Å². The van der Waals surface area contributed by atoms with Gasteiger partial charge in [-0.25, -0.2) is 4.79 Å². The van der Waals surface area contributed by atoms with E-state index in [0.717, 1.165) is 17.7 Å². The average Bonchev–Trinajstić information content (AvgIpc) is 3.25. The van der Waals surface area contributed by atoms with Crippen molar-refractivity contribution in [2.75, 3.05) is 19.6 Å². The molecule has 2 rings (SSSR count). The molecule has 1 unspecified atom stereocenters. The second-order valence-corrected chi connectivity index (χ2v) is 5.67. The molecule has 0 aromatic rings. The number of rotatable bonds is 7. The molecule has 0 bridgehead atoms. The van der Waals surface area contributed by atoms with Gasteiger partial charge in [-0.1, -0.05) is 12.2 Å². The summed E-state index contributed by atoms with van der Waals surface area (Å²) < 4.78 is 0. The Morgan fingerprint density at radius 2 is 1.95 bits per heavy atom. The van der Waals surface area contributed by atoms with Gasteiger partial charge in [-0.2, -0.15) is 0 Å². The van der Waals surface area contributed by atoms with Crippen molar-refractivity contribution in [3.8, 4) is 0 Å². The van der Waals surface area contributed by atoms with Crippen molar-refractivity contribution in [1.29, 1.82) is 0 Å². The van der Waals surface area contributed by atoms with Crippen molar-refractivity contribution in [3.63, 3.8) is 0 Å². The summed E-state index contributed by atoms with van der Waals surface area (Å²) in [5, 5.41) is 2.73. The van der Waals surface area contributed by atoms with Gasteiger partial charge in [0.25, 0.3) is 5.91 Å². The molecule has 114 valence electrons. The van der Waals surface area contributed by atoms with Crippen LogP contribution in [0.4, 0.5) is 4.79 Å². The van der Waals surface area contributed by atoms with E-state index in [1.54, 1.807) is 19.1 Å². The van der Waals surface area contributed by atoms with Crippen LogP contribution in [0.3, 0.4) is 0 Å². The predicted molar refractivity (Wildman–Crippen MR) is 78.3 cm³/mol. The highest BCUT2D eigenvalue weighted by molar-refractivity contribution is 6.09. The Balaban J connectivity index is 2.06. The summed E-state index contributed by atoms with van der Waals surface area (Å²) in [4.78, 5) is 39.1. The molecule has 0 aromatic carbocycles. The molecule has 1 atom stereocenters. The van der Waals surface area contributed by atoms with E-state index in [9.17, 15) is 14.4 Å². The van der Waals surface area contributed by atoms with Crippen molar-refractivity contribution >= 4 is 17.8 Å². The molecule has 1 aliphatic carbocycles.